The number of guanidine groups is 1. The van der Waals surface area contributed by atoms with Gasteiger partial charge in [0.15, 0.2) is 5.96 Å². The van der Waals surface area contributed by atoms with Gasteiger partial charge in [-0.2, -0.15) is 0 Å². The Hall–Kier alpha value is -2.11. The summed E-state index contributed by atoms with van der Waals surface area (Å²) in [6, 6.07) is 6.55. The van der Waals surface area contributed by atoms with E-state index < -0.39 is 0 Å². The van der Waals surface area contributed by atoms with E-state index in [1.165, 1.54) is 18.6 Å². The van der Waals surface area contributed by atoms with Crippen LogP contribution in [0.5, 0.6) is 0 Å². The second kappa shape index (κ2) is 10.0. The Morgan fingerprint density at radius 2 is 1.96 bits per heavy atom. The lowest BCUT2D eigenvalue weighted by atomic mass is 9.89. The van der Waals surface area contributed by atoms with Gasteiger partial charge in [-0.3, -0.25) is 9.79 Å². The lowest BCUT2D eigenvalue weighted by molar-refractivity contribution is -0.125. The molecule has 2 N–H and O–H groups in total. The van der Waals surface area contributed by atoms with Crippen LogP contribution in [0, 0.1) is 11.7 Å². The topological polar surface area (TPSA) is 56.7 Å². The molecule has 1 amide bonds. The van der Waals surface area contributed by atoms with Gasteiger partial charge in [0.1, 0.15) is 5.82 Å². The number of hydrogen-bond donors (Lipinski definition) is 2. The van der Waals surface area contributed by atoms with E-state index in [1.54, 1.807) is 13.1 Å². The number of carbonyl (C=O) groups excluding carboxylic acids is 1. The van der Waals surface area contributed by atoms with Crippen LogP contribution >= 0.6 is 0 Å². The summed E-state index contributed by atoms with van der Waals surface area (Å²) in [4.78, 5) is 18.3. The van der Waals surface area contributed by atoms with Crippen molar-refractivity contribution in [2.45, 2.75) is 38.6 Å². The van der Waals surface area contributed by atoms with E-state index in [0.29, 0.717) is 19.6 Å². The molecule has 1 fully saturated rings. The van der Waals surface area contributed by atoms with E-state index in [0.717, 1.165) is 37.2 Å². The fraction of sp³-hybridized carbons (Fsp3) is 0.579. The molecule has 0 aromatic heterocycles. The lowest BCUT2D eigenvalue weighted by Gasteiger charge is -2.23. The summed E-state index contributed by atoms with van der Waals surface area (Å²) in [6.45, 7) is 1.74. The Kier molecular flexibility index (Phi) is 7.70. The van der Waals surface area contributed by atoms with Crippen LogP contribution in [0.25, 0.3) is 0 Å². The number of aliphatic imine (C=N–C) groups is 1. The summed E-state index contributed by atoms with van der Waals surface area (Å²) in [5.74, 6) is 0.837. The maximum atomic E-state index is 13.3. The number of benzene rings is 1. The van der Waals surface area contributed by atoms with E-state index >= 15 is 0 Å². The van der Waals surface area contributed by atoms with Gasteiger partial charge in [0.25, 0.3) is 0 Å². The van der Waals surface area contributed by atoms with E-state index in [1.807, 2.05) is 18.0 Å². The van der Waals surface area contributed by atoms with Crippen molar-refractivity contribution in [2.75, 3.05) is 27.2 Å². The average molecular weight is 348 g/mol. The molecule has 0 heterocycles. The SMILES string of the molecule is CN=C(NCCNC(=O)C1CCCCC1)N(C)Cc1cccc(F)c1. The zero-order valence-corrected chi connectivity index (χ0v) is 15.2. The van der Waals surface area contributed by atoms with Crippen LogP contribution in [0.3, 0.4) is 0 Å². The summed E-state index contributed by atoms with van der Waals surface area (Å²) in [7, 11) is 3.62. The molecule has 1 saturated carbocycles. The first-order valence-electron chi connectivity index (χ1n) is 9.04. The van der Waals surface area contributed by atoms with Crippen LogP contribution in [0.1, 0.15) is 37.7 Å². The van der Waals surface area contributed by atoms with E-state index in [2.05, 4.69) is 15.6 Å². The number of nitrogens with zero attached hydrogens (tertiary/aromatic N) is 2. The highest BCUT2D eigenvalue weighted by atomic mass is 19.1. The molecule has 138 valence electrons. The second-order valence-electron chi connectivity index (χ2n) is 6.59. The van der Waals surface area contributed by atoms with Crippen LogP contribution in [0.4, 0.5) is 4.39 Å². The smallest absolute Gasteiger partial charge is 0.223 e. The van der Waals surface area contributed by atoms with Crippen LogP contribution in [0.15, 0.2) is 29.3 Å². The number of halogens is 1. The van der Waals surface area contributed by atoms with Gasteiger partial charge in [-0.1, -0.05) is 31.4 Å². The third-order valence-electron chi connectivity index (χ3n) is 4.57. The summed E-state index contributed by atoms with van der Waals surface area (Å²) in [5, 5.41) is 6.23. The molecule has 1 aliphatic carbocycles. The lowest BCUT2D eigenvalue weighted by Crippen LogP contribution is -2.43. The molecule has 1 aromatic carbocycles. The first kappa shape index (κ1) is 19.2. The zero-order chi connectivity index (χ0) is 18.1. The van der Waals surface area contributed by atoms with Gasteiger partial charge < -0.3 is 15.5 Å². The van der Waals surface area contributed by atoms with Crippen molar-refractivity contribution in [3.8, 4) is 0 Å². The normalized spacial score (nSPS) is 15.7. The molecule has 6 heteroatoms. The Labute approximate surface area is 149 Å². The van der Waals surface area contributed by atoms with Gasteiger partial charge in [-0.15, -0.1) is 0 Å². The number of carbonyl (C=O) groups is 1. The highest BCUT2D eigenvalue weighted by molar-refractivity contribution is 5.80. The molecule has 0 atom stereocenters. The molecule has 5 nitrogen and oxygen atoms in total. The number of rotatable bonds is 6. The monoisotopic (exact) mass is 348 g/mol. The Morgan fingerprint density at radius 1 is 1.24 bits per heavy atom. The first-order chi connectivity index (χ1) is 12.1. The molecule has 1 aliphatic rings. The minimum atomic E-state index is -0.237. The first-order valence-corrected chi connectivity index (χ1v) is 9.04. The fourth-order valence-corrected chi connectivity index (χ4v) is 3.24. The molecule has 0 spiro atoms. The average Bonchev–Trinajstić information content (AvgIpc) is 2.62. The molecular weight excluding hydrogens is 319 g/mol. The molecule has 0 radical (unpaired) electrons. The Balaban J connectivity index is 1.71. The molecule has 0 bridgehead atoms. The van der Waals surface area contributed by atoms with Crippen LogP contribution < -0.4 is 10.6 Å². The largest absolute Gasteiger partial charge is 0.354 e. The maximum absolute atomic E-state index is 13.3. The summed E-state index contributed by atoms with van der Waals surface area (Å²) in [6.07, 6.45) is 5.59. The standard InChI is InChI=1S/C19H29FN4O/c1-21-19(24(2)14-15-7-6-10-17(20)13-15)23-12-11-22-18(25)16-8-4-3-5-9-16/h6-7,10,13,16H,3-5,8-9,11-12,14H2,1-2H3,(H,21,23)(H,22,25). The van der Waals surface area contributed by atoms with Gasteiger partial charge in [0.2, 0.25) is 5.91 Å². The molecular formula is C19H29FN4O. The Bertz CT molecular complexity index is 585. The third kappa shape index (κ3) is 6.36. The maximum Gasteiger partial charge on any atom is 0.223 e. The summed E-state index contributed by atoms with van der Waals surface area (Å²) < 4.78 is 13.3. The minimum absolute atomic E-state index is 0.171. The molecule has 0 aliphatic heterocycles. The summed E-state index contributed by atoms with van der Waals surface area (Å²) >= 11 is 0. The highest BCUT2D eigenvalue weighted by Crippen LogP contribution is 2.23. The second-order valence-corrected chi connectivity index (χ2v) is 6.59. The number of nitrogens with one attached hydrogen (secondary N) is 2. The molecule has 1 aromatic rings. The van der Waals surface area contributed by atoms with Crippen molar-refractivity contribution in [3.63, 3.8) is 0 Å². The van der Waals surface area contributed by atoms with Crippen molar-refractivity contribution in [2.24, 2.45) is 10.9 Å². The van der Waals surface area contributed by atoms with E-state index in [4.69, 9.17) is 0 Å². The predicted octanol–water partition coefficient (Wildman–Crippen LogP) is 2.53. The van der Waals surface area contributed by atoms with E-state index in [-0.39, 0.29) is 17.6 Å². The van der Waals surface area contributed by atoms with Gasteiger partial charge in [-0.25, -0.2) is 4.39 Å². The Morgan fingerprint density at radius 3 is 2.64 bits per heavy atom. The van der Waals surface area contributed by atoms with Crippen LogP contribution in [0.2, 0.25) is 0 Å². The van der Waals surface area contributed by atoms with Gasteiger partial charge in [0.05, 0.1) is 0 Å². The van der Waals surface area contributed by atoms with Crippen LogP contribution in [-0.4, -0.2) is 44.0 Å². The minimum Gasteiger partial charge on any atom is -0.354 e. The van der Waals surface area contributed by atoms with Crippen molar-refractivity contribution in [1.29, 1.82) is 0 Å². The van der Waals surface area contributed by atoms with Crippen molar-refractivity contribution >= 4 is 11.9 Å². The number of hydrogen-bond acceptors (Lipinski definition) is 2. The number of amides is 1. The van der Waals surface area contributed by atoms with Crippen molar-refractivity contribution in [3.05, 3.63) is 35.6 Å². The quantitative estimate of drug-likeness (QED) is 0.472. The predicted molar refractivity (Wildman–Crippen MR) is 98.8 cm³/mol. The van der Waals surface area contributed by atoms with Crippen molar-refractivity contribution in [1.82, 2.24) is 15.5 Å². The van der Waals surface area contributed by atoms with Gasteiger partial charge in [0, 0.05) is 39.6 Å². The van der Waals surface area contributed by atoms with Gasteiger partial charge in [-0.05, 0) is 30.5 Å². The van der Waals surface area contributed by atoms with Crippen molar-refractivity contribution < 1.29 is 9.18 Å². The third-order valence-corrected chi connectivity index (χ3v) is 4.57. The molecule has 0 unspecified atom stereocenters. The zero-order valence-electron chi connectivity index (χ0n) is 15.2. The molecule has 25 heavy (non-hydrogen) atoms. The summed E-state index contributed by atoms with van der Waals surface area (Å²) in [5.41, 5.74) is 0.885. The fourth-order valence-electron chi connectivity index (χ4n) is 3.24. The van der Waals surface area contributed by atoms with Crippen LogP contribution in [-0.2, 0) is 11.3 Å². The highest BCUT2D eigenvalue weighted by Gasteiger charge is 2.20. The molecule has 2 rings (SSSR count). The molecule has 0 saturated heterocycles. The van der Waals surface area contributed by atoms with E-state index in [9.17, 15) is 9.18 Å². The van der Waals surface area contributed by atoms with Gasteiger partial charge >= 0.3 is 0 Å².